The van der Waals surface area contributed by atoms with Crippen molar-refractivity contribution in [2.24, 2.45) is 4.99 Å². The fourth-order valence-corrected chi connectivity index (χ4v) is 3.48. The number of fused-ring (bicyclic) bond motifs is 1. The monoisotopic (exact) mass is 411 g/mol. The Morgan fingerprint density at radius 1 is 0.903 bits per heavy atom. The van der Waals surface area contributed by atoms with E-state index in [1.165, 1.54) is 0 Å². The number of para-hydroxylation sites is 2. The second kappa shape index (κ2) is 9.30. The average Bonchev–Trinajstić information content (AvgIpc) is 2.80. The number of nitrogens with zero attached hydrogens (tertiary/aromatic N) is 2. The van der Waals surface area contributed by atoms with Crippen LogP contribution in [0.1, 0.15) is 24.2 Å². The van der Waals surface area contributed by atoms with E-state index in [2.05, 4.69) is 35.1 Å². The molecule has 0 saturated carbocycles. The van der Waals surface area contributed by atoms with Crippen LogP contribution in [0.3, 0.4) is 0 Å². The lowest BCUT2D eigenvalue weighted by atomic mass is 10.1. The number of carbonyl (C=O) groups excluding carboxylic acids is 1. The number of rotatable bonds is 6. The molecule has 3 aromatic carbocycles. The smallest absolute Gasteiger partial charge is 0.261 e. The predicted molar refractivity (Wildman–Crippen MR) is 126 cm³/mol. The quantitative estimate of drug-likeness (QED) is 0.439. The van der Waals surface area contributed by atoms with E-state index in [0.29, 0.717) is 11.1 Å². The van der Waals surface area contributed by atoms with Crippen LogP contribution in [-0.2, 0) is 0 Å². The molecular formula is C26H25N3O2. The van der Waals surface area contributed by atoms with E-state index in [4.69, 9.17) is 4.42 Å². The molecule has 4 rings (SSSR count). The fraction of sp³-hybridized carbons (Fsp3) is 0.154. The summed E-state index contributed by atoms with van der Waals surface area (Å²) in [5, 5.41) is 3.78. The number of amides is 1. The zero-order valence-electron chi connectivity index (χ0n) is 17.7. The van der Waals surface area contributed by atoms with Crippen molar-refractivity contribution < 1.29 is 9.21 Å². The van der Waals surface area contributed by atoms with Crippen molar-refractivity contribution in [1.29, 1.82) is 0 Å². The first-order valence-electron chi connectivity index (χ1n) is 10.5. The first-order valence-corrected chi connectivity index (χ1v) is 10.5. The Morgan fingerprint density at radius 2 is 1.58 bits per heavy atom. The molecule has 0 aliphatic heterocycles. The van der Waals surface area contributed by atoms with E-state index in [9.17, 15) is 4.79 Å². The van der Waals surface area contributed by atoms with E-state index in [0.717, 1.165) is 35.5 Å². The summed E-state index contributed by atoms with van der Waals surface area (Å²) in [5.74, 6) is -0.264. The van der Waals surface area contributed by atoms with Crippen LogP contribution in [0.4, 0.5) is 17.1 Å². The van der Waals surface area contributed by atoms with E-state index >= 15 is 0 Å². The molecule has 0 aliphatic carbocycles. The number of hydrogen-bond acceptors (Lipinski definition) is 4. The van der Waals surface area contributed by atoms with Crippen molar-refractivity contribution in [2.45, 2.75) is 13.8 Å². The highest BCUT2D eigenvalue weighted by molar-refractivity contribution is 6.05. The molecule has 0 fully saturated rings. The molecule has 5 heteroatoms. The summed E-state index contributed by atoms with van der Waals surface area (Å²) in [6.45, 7) is 6.05. The standard InChI is InChI=1S/C26H25N3O2/c1-3-29(4-2)22-16-15-19-17-23(25(30)27-20-11-7-5-8-12-20)26(31-24(19)18-22)28-21-13-9-6-10-14-21/h5-18H,3-4H2,1-2H3,(H,27,30). The first-order chi connectivity index (χ1) is 15.2. The lowest BCUT2D eigenvalue weighted by Crippen LogP contribution is -2.22. The maximum atomic E-state index is 13.1. The average molecular weight is 412 g/mol. The minimum absolute atomic E-state index is 0.264. The number of anilines is 2. The third-order valence-electron chi connectivity index (χ3n) is 5.13. The maximum Gasteiger partial charge on any atom is 0.261 e. The molecule has 0 unspecified atom stereocenters. The van der Waals surface area contributed by atoms with Gasteiger partial charge < -0.3 is 14.6 Å². The summed E-state index contributed by atoms with van der Waals surface area (Å²) >= 11 is 0. The predicted octanol–water partition coefficient (Wildman–Crippen LogP) is 5.76. The van der Waals surface area contributed by atoms with E-state index in [1.807, 2.05) is 78.9 Å². The van der Waals surface area contributed by atoms with E-state index in [-0.39, 0.29) is 11.5 Å². The van der Waals surface area contributed by atoms with Crippen LogP contribution in [-0.4, -0.2) is 19.0 Å². The number of nitrogens with one attached hydrogen (secondary N) is 1. The molecule has 0 aliphatic rings. The molecule has 0 bridgehead atoms. The van der Waals surface area contributed by atoms with Gasteiger partial charge >= 0.3 is 0 Å². The number of benzene rings is 3. The van der Waals surface area contributed by atoms with Gasteiger partial charge in [-0.2, -0.15) is 0 Å². The number of hydrogen-bond donors (Lipinski definition) is 1. The van der Waals surface area contributed by atoms with Crippen LogP contribution in [0.25, 0.3) is 11.0 Å². The van der Waals surface area contributed by atoms with E-state index < -0.39 is 0 Å². The molecule has 0 saturated heterocycles. The van der Waals surface area contributed by atoms with Gasteiger partial charge in [-0.15, -0.1) is 0 Å². The highest BCUT2D eigenvalue weighted by atomic mass is 16.3. The van der Waals surface area contributed by atoms with Crippen LogP contribution >= 0.6 is 0 Å². The minimum atomic E-state index is -0.264. The van der Waals surface area contributed by atoms with Crippen LogP contribution in [0.15, 0.2) is 94.3 Å². The number of carbonyl (C=O) groups is 1. The Morgan fingerprint density at radius 3 is 2.26 bits per heavy atom. The summed E-state index contributed by atoms with van der Waals surface area (Å²) in [7, 11) is 0. The van der Waals surface area contributed by atoms with Gasteiger partial charge in [0.15, 0.2) is 0 Å². The van der Waals surface area contributed by atoms with Gasteiger partial charge in [0.25, 0.3) is 5.91 Å². The third-order valence-corrected chi connectivity index (χ3v) is 5.13. The highest BCUT2D eigenvalue weighted by Gasteiger charge is 2.14. The van der Waals surface area contributed by atoms with Gasteiger partial charge in [0.1, 0.15) is 11.1 Å². The molecule has 4 aromatic rings. The normalized spacial score (nSPS) is 11.5. The van der Waals surface area contributed by atoms with Crippen molar-refractivity contribution in [2.75, 3.05) is 23.3 Å². The summed E-state index contributed by atoms with van der Waals surface area (Å²) in [4.78, 5) is 20.0. The molecule has 5 nitrogen and oxygen atoms in total. The minimum Gasteiger partial charge on any atom is -0.437 e. The molecule has 156 valence electrons. The summed E-state index contributed by atoms with van der Waals surface area (Å²) in [5.41, 5.74) is 3.87. The molecule has 0 atom stereocenters. The van der Waals surface area contributed by atoms with E-state index in [1.54, 1.807) is 0 Å². The lowest BCUT2D eigenvalue weighted by Gasteiger charge is -2.21. The van der Waals surface area contributed by atoms with Crippen molar-refractivity contribution in [1.82, 2.24) is 0 Å². The van der Waals surface area contributed by atoms with Crippen molar-refractivity contribution in [3.63, 3.8) is 0 Å². The molecule has 0 radical (unpaired) electrons. The second-order valence-corrected chi connectivity index (χ2v) is 7.13. The van der Waals surface area contributed by atoms with Crippen LogP contribution in [0.2, 0.25) is 0 Å². The summed E-state index contributed by atoms with van der Waals surface area (Å²) in [6.07, 6.45) is 0. The second-order valence-electron chi connectivity index (χ2n) is 7.13. The topological polar surface area (TPSA) is 57.8 Å². The van der Waals surface area contributed by atoms with Gasteiger partial charge in [-0.05, 0) is 56.3 Å². The molecular weight excluding hydrogens is 386 g/mol. The molecule has 1 amide bonds. The fourth-order valence-electron chi connectivity index (χ4n) is 3.48. The zero-order chi connectivity index (χ0) is 21.6. The lowest BCUT2D eigenvalue weighted by molar-refractivity contribution is 0.102. The van der Waals surface area contributed by atoms with Gasteiger partial charge in [0.05, 0.1) is 5.69 Å². The molecule has 31 heavy (non-hydrogen) atoms. The molecule has 1 heterocycles. The largest absolute Gasteiger partial charge is 0.437 e. The molecule has 1 aromatic heterocycles. The van der Waals surface area contributed by atoms with Gasteiger partial charge in [0.2, 0.25) is 5.55 Å². The van der Waals surface area contributed by atoms with Crippen LogP contribution in [0, 0.1) is 0 Å². The Bertz CT molecular complexity index is 1240. The molecule has 1 N–H and O–H groups in total. The summed E-state index contributed by atoms with van der Waals surface area (Å²) < 4.78 is 6.18. The molecule has 0 spiro atoms. The summed E-state index contributed by atoms with van der Waals surface area (Å²) in [6, 6.07) is 26.7. The van der Waals surface area contributed by atoms with Crippen molar-refractivity contribution >= 4 is 33.9 Å². The Kier molecular flexibility index (Phi) is 6.13. The van der Waals surface area contributed by atoms with Gasteiger partial charge in [0, 0.05) is 35.9 Å². The van der Waals surface area contributed by atoms with Crippen LogP contribution in [0.5, 0.6) is 0 Å². The zero-order valence-corrected chi connectivity index (χ0v) is 17.7. The van der Waals surface area contributed by atoms with Crippen LogP contribution < -0.4 is 15.8 Å². The first kappa shape index (κ1) is 20.4. The Labute approximate surface area is 181 Å². The van der Waals surface area contributed by atoms with Gasteiger partial charge in [-0.25, -0.2) is 4.99 Å². The van der Waals surface area contributed by atoms with Gasteiger partial charge in [-0.1, -0.05) is 36.4 Å². The highest BCUT2D eigenvalue weighted by Crippen LogP contribution is 2.23. The third kappa shape index (κ3) is 4.67. The maximum absolute atomic E-state index is 13.1. The SMILES string of the molecule is CCN(CC)c1ccc2cc(C(=O)Nc3ccccc3)c(=Nc3ccccc3)oc2c1. The van der Waals surface area contributed by atoms with Crippen molar-refractivity contribution in [3.05, 3.63) is 96.0 Å². The Hall–Kier alpha value is -3.86. The Balaban J connectivity index is 1.85. The van der Waals surface area contributed by atoms with Gasteiger partial charge in [-0.3, -0.25) is 4.79 Å². The van der Waals surface area contributed by atoms with Crippen molar-refractivity contribution in [3.8, 4) is 0 Å².